The predicted octanol–water partition coefficient (Wildman–Crippen LogP) is 2.99. The molecule has 1 saturated heterocycles. The zero-order valence-corrected chi connectivity index (χ0v) is 13.9. The van der Waals surface area contributed by atoms with E-state index in [-0.39, 0.29) is 12.0 Å². The SMILES string of the molecule is Cn1ccc2cccc(NC(=O)c3ccnc(OC4CCOC4)c3)c21. The highest BCUT2D eigenvalue weighted by atomic mass is 16.5. The van der Waals surface area contributed by atoms with Crippen LogP contribution in [0.4, 0.5) is 5.69 Å². The van der Waals surface area contributed by atoms with Crippen LogP contribution in [-0.2, 0) is 11.8 Å². The molecule has 1 fully saturated rings. The van der Waals surface area contributed by atoms with Gasteiger partial charge in [-0.05, 0) is 18.2 Å². The molecular formula is C19H19N3O3. The van der Waals surface area contributed by atoms with E-state index in [1.807, 2.05) is 42.1 Å². The first kappa shape index (κ1) is 15.7. The summed E-state index contributed by atoms with van der Waals surface area (Å²) in [4.78, 5) is 16.8. The average molecular weight is 337 g/mol. The summed E-state index contributed by atoms with van der Waals surface area (Å²) in [6.45, 7) is 1.26. The first-order chi connectivity index (χ1) is 12.2. The lowest BCUT2D eigenvalue weighted by molar-refractivity contribution is 0.102. The number of carbonyl (C=O) groups excluding carboxylic acids is 1. The van der Waals surface area contributed by atoms with E-state index < -0.39 is 0 Å². The molecule has 0 aliphatic carbocycles. The van der Waals surface area contributed by atoms with Crippen molar-refractivity contribution >= 4 is 22.5 Å². The number of amides is 1. The van der Waals surface area contributed by atoms with Crippen molar-refractivity contribution in [2.75, 3.05) is 18.5 Å². The fraction of sp³-hybridized carbons (Fsp3) is 0.263. The van der Waals surface area contributed by atoms with Crippen LogP contribution in [0.25, 0.3) is 10.9 Å². The number of ether oxygens (including phenoxy) is 2. The smallest absolute Gasteiger partial charge is 0.255 e. The predicted molar refractivity (Wildman–Crippen MR) is 95.0 cm³/mol. The molecule has 128 valence electrons. The largest absolute Gasteiger partial charge is 0.472 e. The lowest BCUT2D eigenvalue weighted by Crippen LogP contribution is -2.17. The molecule has 6 nitrogen and oxygen atoms in total. The van der Waals surface area contributed by atoms with E-state index in [1.165, 1.54) is 0 Å². The van der Waals surface area contributed by atoms with E-state index in [0.29, 0.717) is 24.7 Å². The molecule has 0 saturated carbocycles. The Hall–Kier alpha value is -2.86. The van der Waals surface area contributed by atoms with Crippen molar-refractivity contribution in [2.24, 2.45) is 7.05 Å². The number of fused-ring (bicyclic) bond motifs is 1. The second-order valence-electron chi connectivity index (χ2n) is 6.11. The minimum Gasteiger partial charge on any atom is -0.472 e. The number of para-hydroxylation sites is 1. The highest BCUT2D eigenvalue weighted by Gasteiger charge is 2.18. The minimum atomic E-state index is -0.191. The van der Waals surface area contributed by atoms with Crippen LogP contribution in [0.5, 0.6) is 5.88 Å². The van der Waals surface area contributed by atoms with Crippen molar-refractivity contribution in [2.45, 2.75) is 12.5 Å². The molecule has 2 aromatic heterocycles. The fourth-order valence-corrected chi connectivity index (χ4v) is 3.04. The molecule has 3 heterocycles. The number of pyridine rings is 1. The maximum absolute atomic E-state index is 12.7. The van der Waals surface area contributed by atoms with Gasteiger partial charge in [-0.1, -0.05) is 12.1 Å². The molecule has 6 heteroatoms. The van der Waals surface area contributed by atoms with E-state index >= 15 is 0 Å². The van der Waals surface area contributed by atoms with Gasteiger partial charge in [-0.25, -0.2) is 4.98 Å². The standard InChI is InChI=1S/C19H19N3O3/c1-22-9-6-13-3-2-4-16(18(13)22)21-19(23)14-5-8-20-17(11-14)25-15-7-10-24-12-15/h2-6,8-9,11,15H,7,10,12H2,1H3,(H,21,23). The fourth-order valence-electron chi connectivity index (χ4n) is 3.04. The lowest BCUT2D eigenvalue weighted by atomic mass is 10.2. The van der Waals surface area contributed by atoms with Crippen molar-refractivity contribution in [3.63, 3.8) is 0 Å². The van der Waals surface area contributed by atoms with Gasteiger partial charge < -0.3 is 19.4 Å². The van der Waals surface area contributed by atoms with Crippen molar-refractivity contribution in [1.29, 1.82) is 0 Å². The summed E-state index contributed by atoms with van der Waals surface area (Å²) in [6.07, 6.45) is 4.40. The van der Waals surface area contributed by atoms with Crippen LogP contribution >= 0.6 is 0 Å². The monoisotopic (exact) mass is 337 g/mol. The molecule has 1 aliphatic rings. The van der Waals surface area contributed by atoms with Crippen LogP contribution in [0.2, 0.25) is 0 Å². The molecule has 3 aromatic rings. The molecule has 0 bridgehead atoms. The van der Waals surface area contributed by atoms with Gasteiger partial charge >= 0.3 is 0 Å². The summed E-state index contributed by atoms with van der Waals surface area (Å²) in [5.74, 6) is 0.254. The number of aryl methyl sites for hydroxylation is 1. The summed E-state index contributed by atoms with van der Waals surface area (Å²) in [7, 11) is 1.96. The normalized spacial score (nSPS) is 16.9. The summed E-state index contributed by atoms with van der Waals surface area (Å²) < 4.78 is 13.1. The van der Waals surface area contributed by atoms with Crippen molar-refractivity contribution in [3.05, 3.63) is 54.4 Å². The van der Waals surface area contributed by atoms with E-state index in [0.717, 1.165) is 23.0 Å². The topological polar surface area (TPSA) is 65.4 Å². The summed E-state index contributed by atoms with van der Waals surface area (Å²) in [5.41, 5.74) is 2.28. The first-order valence-electron chi connectivity index (χ1n) is 8.26. The number of benzene rings is 1. The van der Waals surface area contributed by atoms with Gasteiger partial charge in [-0.2, -0.15) is 0 Å². The van der Waals surface area contributed by atoms with Crippen LogP contribution in [0.15, 0.2) is 48.8 Å². The third kappa shape index (κ3) is 3.21. The van der Waals surface area contributed by atoms with E-state index in [2.05, 4.69) is 10.3 Å². The lowest BCUT2D eigenvalue weighted by Gasteiger charge is -2.12. The Kier molecular flexibility index (Phi) is 4.11. The summed E-state index contributed by atoms with van der Waals surface area (Å²) in [6, 6.07) is 11.2. The van der Waals surface area contributed by atoms with Crippen molar-refractivity contribution in [1.82, 2.24) is 9.55 Å². The van der Waals surface area contributed by atoms with Crippen molar-refractivity contribution < 1.29 is 14.3 Å². The summed E-state index contributed by atoms with van der Waals surface area (Å²) in [5, 5.41) is 4.06. The van der Waals surface area contributed by atoms with Crippen LogP contribution in [0.1, 0.15) is 16.8 Å². The minimum absolute atomic E-state index is 0.00271. The van der Waals surface area contributed by atoms with Gasteiger partial charge in [0.25, 0.3) is 5.91 Å². The van der Waals surface area contributed by atoms with Gasteiger partial charge in [-0.15, -0.1) is 0 Å². The van der Waals surface area contributed by atoms with Gasteiger partial charge in [0.05, 0.1) is 24.4 Å². The highest BCUT2D eigenvalue weighted by molar-refractivity contribution is 6.08. The molecule has 0 spiro atoms. The number of nitrogens with zero attached hydrogens (tertiary/aromatic N) is 2. The highest BCUT2D eigenvalue weighted by Crippen LogP contribution is 2.24. The molecule has 1 N–H and O–H groups in total. The van der Waals surface area contributed by atoms with Crippen LogP contribution in [-0.4, -0.2) is 34.8 Å². The second-order valence-corrected chi connectivity index (χ2v) is 6.11. The van der Waals surface area contributed by atoms with Gasteiger partial charge in [0, 0.05) is 42.9 Å². The number of nitrogens with one attached hydrogen (secondary N) is 1. The van der Waals surface area contributed by atoms with Crippen molar-refractivity contribution in [3.8, 4) is 5.88 Å². The number of hydrogen-bond donors (Lipinski definition) is 1. The van der Waals surface area contributed by atoms with E-state index in [4.69, 9.17) is 9.47 Å². The zero-order chi connectivity index (χ0) is 17.2. The second kappa shape index (κ2) is 6.57. The number of anilines is 1. The van der Waals surface area contributed by atoms with Crippen LogP contribution < -0.4 is 10.1 Å². The average Bonchev–Trinajstić information content (AvgIpc) is 3.26. The van der Waals surface area contributed by atoms with Gasteiger partial charge in [0.1, 0.15) is 6.10 Å². The Labute approximate surface area is 145 Å². The number of hydrogen-bond acceptors (Lipinski definition) is 4. The summed E-state index contributed by atoms with van der Waals surface area (Å²) >= 11 is 0. The van der Waals surface area contributed by atoms with Gasteiger partial charge in [-0.3, -0.25) is 4.79 Å². The quantitative estimate of drug-likeness (QED) is 0.795. The molecule has 0 radical (unpaired) electrons. The molecule has 1 amide bonds. The Morgan fingerprint density at radius 3 is 3.12 bits per heavy atom. The van der Waals surface area contributed by atoms with Gasteiger partial charge in [0.2, 0.25) is 5.88 Å². The first-order valence-corrected chi connectivity index (χ1v) is 8.26. The van der Waals surface area contributed by atoms with Crippen LogP contribution in [0.3, 0.4) is 0 Å². The van der Waals surface area contributed by atoms with E-state index in [9.17, 15) is 4.79 Å². The Balaban J connectivity index is 1.55. The maximum atomic E-state index is 12.7. The molecule has 1 aliphatic heterocycles. The molecule has 25 heavy (non-hydrogen) atoms. The molecule has 1 atom stereocenters. The third-order valence-corrected chi connectivity index (χ3v) is 4.32. The zero-order valence-electron chi connectivity index (χ0n) is 13.9. The third-order valence-electron chi connectivity index (χ3n) is 4.32. The Bertz CT molecular complexity index is 913. The van der Waals surface area contributed by atoms with Gasteiger partial charge in [0.15, 0.2) is 0 Å². The Morgan fingerprint density at radius 2 is 2.28 bits per heavy atom. The molecule has 4 rings (SSSR count). The number of rotatable bonds is 4. The van der Waals surface area contributed by atoms with Crippen LogP contribution in [0, 0.1) is 0 Å². The number of carbonyl (C=O) groups is 1. The molecule has 1 aromatic carbocycles. The number of aromatic nitrogens is 2. The maximum Gasteiger partial charge on any atom is 0.255 e. The van der Waals surface area contributed by atoms with E-state index in [1.54, 1.807) is 18.3 Å². The molecular weight excluding hydrogens is 318 g/mol. The Morgan fingerprint density at radius 1 is 1.36 bits per heavy atom. The molecule has 1 unspecified atom stereocenters.